The van der Waals surface area contributed by atoms with E-state index < -0.39 is 0 Å². The summed E-state index contributed by atoms with van der Waals surface area (Å²) >= 11 is 3.41. The molecule has 0 bridgehead atoms. The summed E-state index contributed by atoms with van der Waals surface area (Å²) < 4.78 is 0.983. The van der Waals surface area contributed by atoms with Crippen molar-refractivity contribution < 1.29 is 0 Å². The third kappa shape index (κ3) is 4.02. The van der Waals surface area contributed by atoms with E-state index in [0.29, 0.717) is 5.82 Å². The Morgan fingerprint density at radius 2 is 2.15 bits per heavy atom. The Balaban J connectivity index is 2.19. The molecule has 2 aromatic heterocycles. The van der Waals surface area contributed by atoms with Gasteiger partial charge in [0.1, 0.15) is 5.82 Å². The molecule has 0 aliphatic carbocycles. The second-order valence-corrected chi connectivity index (χ2v) is 5.58. The van der Waals surface area contributed by atoms with Gasteiger partial charge in [-0.15, -0.1) is 0 Å². The van der Waals surface area contributed by atoms with Crippen molar-refractivity contribution in [2.75, 3.05) is 12.3 Å². The van der Waals surface area contributed by atoms with Crippen LogP contribution in [0.1, 0.15) is 30.6 Å². The van der Waals surface area contributed by atoms with Crippen LogP contribution >= 0.6 is 15.9 Å². The van der Waals surface area contributed by atoms with Crippen LogP contribution in [0.3, 0.4) is 0 Å². The molecule has 20 heavy (non-hydrogen) atoms. The monoisotopic (exact) mass is 334 g/mol. The molecule has 2 rings (SSSR count). The minimum atomic E-state index is 0.148. The van der Waals surface area contributed by atoms with Crippen LogP contribution < -0.4 is 11.1 Å². The summed E-state index contributed by atoms with van der Waals surface area (Å²) in [6.07, 6.45) is 5.40. The number of hydrogen-bond acceptors (Lipinski definition) is 4. The summed E-state index contributed by atoms with van der Waals surface area (Å²) in [6.45, 7) is 3.10. The lowest BCUT2D eigenvalue weighted by Crippen LogP contribution is -2.25. The second kappa shape index (κ2) is 7.36. The number of pyridine rings is 2. The van der Waals surface area contributed by atoms with Gasteiger partial charge in [0.15, 0.2) is 0 Å². The van der Waals surface area contributed by atoms with Gasteiger partial charge in [-0.2, -0.15) is 0 Å². The minimum Gasteiger partial charge on any atom is -0.383 e. The number of rotatable bonds is 6. The van der Waals surface area contributed by atoms with Crippen LogP contribution in [0.2, 0.25) is 0 Å². The second-order valence-electron chi connectivity index (χ2n) is 4.66. The van der Waals surface area contributed by atoms with Crippen LogP contribution in [0, 0.1) is 0 Å². The molecule has 0 aromatic carbocycles. The lowest BCUT2D eigenvalue weighted by Gasteiger charge is -2.18. The molecule has 0 aliphatic heterocycles. The van der Waals surface area contributed by atoms with E-state index in [4.69, 9.17) is 5.73 Å². The minimum absolute atomic E-state index is 0.148. The summed E-state index contributed by atoms with van der Waals surface area (Å²) in [5.74, 6) is 0.591. The summed E-state index contributed by atoms with van der Waals surface area (Å²) in [5.41, 5.74) is 8.00. The van der Waals surface area contributed by atoms with E-state index in [0.717, 1.165) is 35.1 Å². The molecule has 1 unspecified atom stereocenters. The predicted molar refractivity (Wildman–Crippen MR) is 85.3 cm³/mol. The Bertz CT molecular complexity index is 542. The normalized spacial score (nSPS) is 12.3. The van der Waals surface area contributed by atoms with E-state index in [9.17, 15) is 0 Å². The zero-order valence-corrected chi connectivity index (χ0v) is 13.1. The number of halogens is 1. The van der Waals surface area contributed by atoms with Gasteiger partial charge in [0.2, 0.25) is 0 Å². The molecule has 3 N–H and O–H groups in total. The maximum absolute atomic E-state index is 5.93. The highest BCUT2D eigenvalue weighted by Gasteiger charge is 2.14. The summed E-state index contributed by atoms with van der Waals surface area (Å²) in [6, 6.07) is 8.12. The molecule has 106 valence electrons. The highest BCUT2D eigenvalue weighted by Crippen LogP contribution is 2.20. The number of nitrogens with zero attached hydrogens (tertiary/aromatic N) is 2. The maximum atomic E-state index is 5.93. The van der Waals surface area contributed by atoms with Crippen molar-refractivity contribution in [2.45, 2.75) is 25.8 Å². The average molecular weight is 335 g/mol. The molecule has 4 nitrogen and oxygen atoms in total. The molecule has 0 spiro atoms. The van der Waals surface area contributed by atoms with E-state index in [1.165, 1.54) is 0 Å². The highest BCUT2D eigenvalue weighted by atomic mass is 79.9. The third-order valence-electron chi connectivity index (χ3n) is 3.10. The van der Waals surface area contributed by atoms with Crippen molar-refractivity contribution in [1.82, 2.24) is 15.3 Å². The molecule has 0 amide bonds. The van der Waals surface area contributed by atoms with E-state index in [1.54, 1.807) is 6.20 Å². The molecule has 0 saturated carbocycles. The molecular formula is C15H19BrN4. The predicted octanol–water partition coefficient (Wildman–Crippen LogP) is 3.10. The first-order valence-corrected chi connectivity index (χ1v) is 7.54. The van der Waals surface area contributed by atoms with E-state index in [2.05, 4.69) is 38.1 Å². The Labute approximate surface area is 128 Å². The Kier molecular flexibility index (Phi) is 5.49. The Morgan fingerprint density at radius 1 is 1.30 bits per heavy atom. The topological polar surface area (TPSA) is 63.8 Å². The number of hydrogen-bond donors (Lipinski definition) is 2. The first-order valence-electron chi connectivity index (χ1n) is 6.75. The first-order chi connectivity index (χ1) is 9.70. The fourth-order valence-corrected chi connectivity index (χ4v) is 2.27. The summed E-state index contributed by atoms with van der Waals surface area (Å²) in [7, 11) is 0. The van der Waals surface area contributed by atoms with Gasteiger partial charge in [-0.1, -0.05) is 13.0 Å². The highest BCUT2D eigenvalue weighted by molar-refractivity contribution is 9.10. The quantitative estimate of drug-likeness (QED) is 0.851. The molecule has 0 fully saturated rings. The molecule has 1 atom stereocenters. The van der Waals surface area contributed by atoms with Crippen LogP contribution in [0.15, 0.2) is 41.1 Å². The van der Waals surface area contributed by atoms with Crippen molar-refractivity contribution in [3.05, 3.63) is 52.4 Å². The van der Waals surface area contributed by atoms with Gasteiger partial charge in [0.05, 0.1) is 11.7 Å². The molecule has 0 radical (unpaired) electrons. The van der Waals surface area contributed by atoms with Crippen LogP contribution in [0.5, 0.6) is 0 Å². The molecular weight excluding hydrogens is 316 g/mol. The van der Waals surface area contributed by atoms with E-state index in [1.807, 2.05) is 30.5 Å². The largest absolute Gasteiger partial charge is 0.383 e. The Hall–Kier alpha value is -1.46. The van der Waals surface area contributed by atoms with Crippen LogP contribution in [-0.4, -0.2) is 16.5 Å². The molecule has 5 heteroatoms. The number of nitrogen functional groups attached to an aromatic ring is 1. The average Bonchev–Trinajstić information content (AvgIpc) is 2.46. The van der Waals surface area contributed by atoms with Crippen molar-refractivity contribution in [1.29, 1.82) is 0 Å². The fourth-order valence-electron chi connectivity index (χ4n) is 2.04. The zero-order chi connectivity index (χ0) is 14.4. The summed E-state index contributed by atoms with van der Waals surface area (Å²) in [5, 5.41) is 3.52. The third-order valence-corrected chi connectivity index (χ3v) is 3.57. The molecule has 0 aliphatic rings. The van der Waals surface area contributed by atoms with Gasteiger partial charge >= 0.3 is 0 Å². The van der Waals surface area contributed by atoms with Crippen molar-refractivity contribution >= 4 is 21.7 Å². The standard InChI is InChI=1S/C15H19BrN4/c1-2-7-18-14(13-6-5-12(16)10-20-13)9-11-4-3-8-19-15(11)17/h3-6,8,10,14,18H,2,7,9H2,1H3,(H2,17,19). The van der Waals surface area contributed by atoms with Crippen LogP contribution in [0.4, 0.5) is 5.82 Å². The lowest BCUT2D eigenvalue weighted by atomic mass is 10.0. The zero-order valence-electron chi connectivity index (χ0n) is 11.5. The number of nitrogens with two attached hydrogens (primary N) is 1. The molecule has 0 saturated heterocycles. The van der Waals surface area contributed by atoms with E-state index in [-0.39, 0.29) is 6.04 Å². The number of anilines is 1. The van der Waals surface area contributed by atoms with Crippen molar-refractivity contribution in [3.8, 4) is 0 Å². The lowest BCUT2D eigenvalue weighted by molar-refractivity contribution is 0.518. The maximum Gasteiger partial charge on any atom is 0.126 e. The Morgan fingerprint density at radius 3 is 2.80 bits per heavy atom. The van der Waals surface area contributed by atoms with Gasteiger partial charge in [0, 0.05) is 16.9 Å². The molecule has 2 aromatic rings. The molecule has 2 heterocycles. The van der Waals surface area contributed by atoms with E-state index >= 15 is 0 Å². The van der Waals surface area contributed by atoms with Crippen LogP contribution in [-0.2, 0) is 6.42 Å². The van der Waals surface area contributed by atoms with Gasteiger partial charge in [-0.05, 0) is 59.1 Å². The van der Waals surface area contributed by atoms with Crippen molar-refractivity contribution in [2.24, 2.45) is 0 Å². The smallest absolute Gasteiger partial charge is 0.126 e. The number of nitrogens with one attached hydrogen (secondary N) is 1. The van der Waals surface area contributed by atoms with Gasteiger partial charge in [-0.25, -0.2) is 4.98 Å². The summed E-state index contributed by atoms with van der Waals surface area (Å²) in [4.78, 5) is 8.63. The van der Waals surface area contributed by atoms with Crippen molar-refractivity contribution in [3.63, 3.8) is 0 Å². The fraction of sp³-hybridized carbons (Fsp3) is 0.333. The first kappa shape index (κ1) is 14.9. The van der Waals surface area contributed by atoms with Gasteiger partial charge in [-0.3, -0.25) is 4.98 Å². The number of aromatic nitrogens is 2. The van der Waals surface area contributed by atoms with Crippen LogP contribution in [0.25, 0.3) is 0 Å². The van der Waals surface area contributed by atoms with Gasteiger partial charge < -0.3 is 11.1 Å². The van der Waals surface area contributed by atoms with Gasteiger partial charge in [0.25, 0.3) is 0 Å². The SMILES string of the molecule is CCCNC(Cc1cccnc1N)c1ccc(Br)cn1.